The molecule has 0 amide bonds. The number of halogens is 1. The highest BCUT2D eigenvalue weighted by atomic mass is 127. The smallest absolute Gasteiger partial charge is 0.0904 e. The summed E-state index contributed by atoms with van der Waals surface area (Å²) < 4.78 is 4.80. The maximum absolute atomic E-state index is 3.19. The van der Waals surface area contributed by atoms with Crippen molar-refractivity contribution in [2.75, 3.05) is 0 Å². The third kappa shape index (κ3) is 3.04. The summed E-state index contributed by atoms with van der Waals surface area (Å²) in [6.45, 7) is 10.4. The fourth-order valence-electron chi connectivity index (χ4n) is 1.13. The van der Waals surface area contributed by atoms with Crippen LogP contribution in [-0.2, 0) is 6.54 Å². The molecule has 1 rings (SSSR count). The Labute approximate surface area is 99.4 Å². The van der Waals surface area contributed by atoms with Crippen LogP contribution in [0.15, 0.2) is 6.07 Å². The molecule has 1 aromatic heterocycles. The number of thiophene rings is 1. The van der Waals surface area contributed by atoms with Crippen molar-refractivity contribution in [2.24, 2.45) is 0 Å². The zero-order valence-corrected chi connectivity index (χ0v) is 12.5. The standard InChI is InChI=1S/C9H16INSSi/c1-7-5-9(13(2,3)4)12-8(7)6-11-10/h5,11H,6H2,1-4H3. The minimum Gasteiger partial charge on any atom is -0.256 e. The number of nitrogens with one attached hydrogen (secondary N) is 1. The number of hydrogen-bond acceptors (Lipinski definition) is 2. The van der Waals surface area contributed by atoms with Gasteiger partial charge in [0, 0.05) is 34.3 Å². The van der Waals surface area contributed by atoms with Crippen molar-refractivity contribution in [1.82, 2.24) is 3.53 Å². The van der Waals surface area contributed by atoms with E-state index in [0.29, 0.717) is 0 Å². The van der Waals surface area contributed by atoms with Gasteiger partial charge in [-0.3, -0.25) is 3.53 Å². The van der Waals surface area contributed by atoms with Crippen LogP contribution in [-0.4, -0.2) is 8.07 Å². The second-order valence-corrected chi connectivity index (χ2v) is 11.6. The van der Waals surface area contributed by atoms with Crippen molar-refractivity contribution in [2.45, 2.75) is 33.1 Å². The van der Waals surface area contributed by atoms with Crippen LogP contribution in [0, 0.1) is 6.92 Å². The Morgan fingerprint density at radius 1 is 1.46 bits per heavy atom. The number of hydrogen-bond donors (Lipinski definition) is 1. The van der Waals surface area contributed by atoms with Crippen LogP contribution in [0.2, 0.25) is 19.6 Å². The second kappa shape index (κ2) is 4.42. The fourth-order valence-corrected chi connectivity index (χ4v) is 4.88. The van der Waals surface area contributed by atoms with E-state index in [1.54, 1.807) is 4.50 Å². The first-order valence-electron chi connectivity index (χ1n) is 4.38. The highest BCUT2D eigenvalue weighted by Gasteiger charge is 2.19. The van der Waals surface area contributed by atoms with Gasteiger partial charge in [0.2, 0.25) is 0 Å². The first kappa shape index (κ1) is 11.7. The van der Waals surface area contributed by atoms with E-state index >= 15 is 0 Å². The summed E-state index contributed by atoms with van der Waals surface area (Å²) in [6, 6.07) is 2.38. The molecule has 0 aromatic carbocycles. The predicted octanol–water partition coefficient (Wildman–Crippen LogP) is 3.04. The molecule has 4 heteroatoms. The van der Waals surface area contributed by atoms with Gasteiger partial charge in [-0.2, -0.15) is 0 Å². The van der Waals surface area contributed by atoms with Gasteiger partial charge in [0.1, 0.15) is 0 Å². The van der Waals surface area contributed by atoms with Crippen molar-refractivity contribution >= 4 is 46.8 Å². The van der Waals surface area contributed by atoms with Gasteiger partial charge in [-0.1, -0.05) is 19.6 Å². The van der Waals surface area contributed by atoms with Gasteiger partial charge in [0.05, 0.1) is 8.07 Å². The lowest BCUT2D eigenvalue weighted by atomic mass is 10.3. The predicted molar refractivity (Wildman–Crippen MR) is 72.9 cm³/mol. The lowest BCUT2D eigenvalue weighted by Crippen LogP contribution is -2.34. The Hall–Kier alpha value is 0.607. The van der Waals surface area contributed by atoms with Gasteiger partial charge in [-0.15, -0.1) is 11.3 Å². The molecular formula is C9H16INSSi. The first-order chi connectivity index (χ1) is 5.95. The molecule has 0 bridgehead atoms. The van der Waals surface area contributed by atoms with Crippen molar-refractivity contribution in [3.05, 3.63) is 16.5 Å². The summed E-state index contributed by atoms with van der Waals surface area (Å²) in [5, 5.41) is 0. The molecular weight excluding hydrogens is 309 g/mol. The quantitative estimate of drug-likeness (QED) is 0.512. The molecule has 0 aliphatic rings. The molecule has 1 aromatic rings. The topological polar surface area (TPSA) is 12.0 Å². The first-order valence-corrected chi connectivity index (χ1v) is 9.78. The number of aryl methyl sites for hydroxylation is 1. The van der Waals surface area contributed by atoms with E-state index < -0.39 is 8.07 Å². The molecule has 0 saturated carbocycles. The summed E-state index contributed by atoms with van der Waals surface area (Å²) >= 11 is 4.19. The summed E-state index contributed by atoms with van der Waals surface area (Å²) in [5.41, 5.74) is 1.45. The van der Waals surface area contributed by atoms with Crippen molar-refractivity contribution in [3.63, 3.8) is 0 Å². The average Bonchev–Trinajstić information content (AvgIpc) is 2.32. The van der Waals surface area contributed by atoms with Crippen LogP contribution in [0.4, 0.5) is 0 Å². The summed E-state index contributed by atoms with van der Waals surface area (Å²) in [7, 11) is -1.08. The lowest BCUT2D eigenvalue weighted by Gasteiger charge is -2.12. The van der Waals surface area contributed by atoms with E-state index in [4.69, 9.17) is 0 Å². The molecule has 0 unspecified atom stereocenters. The highest BCUT2D eigenvalue weighted by Crippen LogP contribution is 2.18. The molecule has 0 fully saturated rings. The van der Waals surface area contributed by atoms with E-state index in [9.17, 15) is 0 Å². The minimum absolute atomic E-state index is 1.00. The zero-order valence-electron chi connectivity index (χ0n) is 8.57. The average molecular weight is 325 g/mol. The molecule has 0 saturated heterocycles. The third-order valence-electron chi connectivity index (χ3n) is 1.99. The van der Waals surface area contributed by atoms with Crippen LogP contribution in [0.1, 0.15) is 10.4 Å². The van der Waals surface area contributed by atoms with Crippen molar-refractivity contribution in [3.8, 4) is 0 Å². The molecule has 1 N–H and O–H groups in total. The maximum atomic E-state index is 3.19. The highest BCUT2D eigenvalue weighted by molar-refractivity contribution is 14.1. The van der Waals surface area contributed by atoms with Gasteiger partial charge in [0.25, 0.3) is 0 Å². The molecule has 0 aliphatic carbocycles. The summed E-state index contributed by atoms with van der Waals surface area (Å²) in [5.74, 6) is 0. The van der Waals surface area contributed by atoms with E-state index in [1.807, 2.05) is 11.3 Å². The lowest BCUT2D eigenvalue weighted by molar-refractivity contribution is 1.03. The molecule has 13 heavy (non-hydrogen) atoms. The Morgan fingerprint density at radius 3 is 2.46 bits per heavy atom. The Morgan fingerprint density at radius 2 is 2.08 bits per heavy atom. The molecule has 0 spiro atoms. The second-order valence-electron chi connectivity index (χ2n) is 4.28. The Kier molecular flexibility index (Phi) is 3.97. The van der Waals surface area contributed by atoms with Crippen LogP contribution >= 0.6 is 34.2 Å². The Bertz CT molecular complexity index is 290. The largest absolute Gasteiger partial charge is 0.256 e. The summed E-state index contributed by atoms with van der Waals surface area (Å²) in [6.07, 6.45) is 0. The van der Waals surface area contributed by atoms with Gasteiger partial charge in [0.15, 0.2) is 0 Å². The third-order valence-corrected chi connectivity index (χ3v) is 7.19. The van der Waals surface area contributed by atoms with Gasteiger partial charge in [-0.25, -0.2) is 0 Å². The van der Waals surface area contributed by atoms with Crippen LogP contribution in [0.5, 0.6) is 0 Å². The van der Waals surface area contributed by atoms with Crippen LogP contribution in [0.25, 0.3) is 0 Å². The van der Waals surface area contributed by atoms with Crippen LogP contribution < -0.4 is 8.03 Å². The molecule has 74 valence electrons. The van der Waals surface area contributed by atoms with Gasteiger partial charge < -0.3 is 0 Å². The normalized spacial score (nSPS) is 12.1. The molecule has 0 aliphatic heterocycles. The Balaban J connectivity index is 2.95. The van der Waals surface area contributed by atoms with Crippen molar-refractivity contribution in [1.29, 1.82) is 0 Å². The monoisotopic (exact) mass is 325 g/mol. The van der Waals surface area contributed by atoms with Crippen LogP contribution in [0.3, 0.4) is 0 Å². The summed E-state index contributed by atoms with van der Waals surface area (Å²) in [4.78, 5) is 1.49. The van der Waals surface area contributed by atoms with E-state index in [0.717, 1.165) is 6.54 Å². The van der Waals surface area contributed by atoms with Crippen molar-refractivity contribution < 1.29 is 0 Å². The maximum Gasteiger partial charge on any atom is 0.0904 e. The molecule has 0 atom stereocenters. The fraction of sp³-hybridized carbons (Fsp3) is 0.556. The number of rotatable bonds is 3. The van der Waals surface area contributed by atoms with Gasteiger partial charge in [-0.05, 0) is 23.1 Å². The molecule has 1 heterocycles. The molecule has 0 radical (unpaired) electrons. The van der Waals surface area contributed by atoms with E-state index in [2.05, 4.69) is 59.0 Å². The molecule has 1 nitrogen and oxygen atoms in total. The van der Waals surface area contributed by atoms with Gasteiger partial charge >= 0.3 is 0 Å². The SMILES string of the molecule is Cc1cc([Si](C)(C)C)sc1CNI. The van der Waals surface area contributed by atoms with E-state index in [-0.39, 0.29) is 0 Å². The zero-order chi connectivity index (χ0) is 10.1. The minimum atomic E-state index is -1.08. The van der Waals surface area contributed by atoms with E-state index in [1.165, 1.54) is 10.4 Å².